The van der Waals surface area contributed by atoms with Crippen LogP contribution in [0.25, 0.3) is 0 Å². The molecule has 4 aliphatic rings. The summed E-state index contributed by atoms with van der Waals surface area (Å²) in [5.41, 5.74) is 1.18. The maximum Gasteiger partial charge on any atom is 0.300 e. The van der Waals surface area contributed by atoms with Crippen LogP contribution in [0.15, 0.2) is 16.9 Å². The van der Waals surface area contributed by atoms with Crippen LogP contribution >= 0.6 is 0 Å². The lowest BCUT2D eigenvalue weighted by Crippen LogP contribution is -2.53. The summed E-state index contributed by atoms with van der Waals surface area (Å²) in [6, 6.07) is 3.69. The minimum absolute atomic E-state index is 0.146. The van der Waals surface area contributed by atoms with E-state index in [1.165, 1.54) is 0 Å². The van der Waals surface area contributed by atoms with E-state index in [2.05, 4.69) is 5.32 Å². The molecule has 2 amide bonds. The van der Waals surface area contributed by atoms with Crippen molar-refractivity contribution in [2.75, 3.05) is 39.3 Å². The molecule has 4 heterocycles. The number of nitrogens with zero attached hydrogens (tertiary/aromatic N) is 3. The van der Waals surface area contributed by atoms with Crippen molar-refractivity contribution >= 4 is 17.8 Å². The fourth-order valence-electron chi connectivity index (χ4n) is 5.17. The molecule has 32 heavy (non-hydrogen) atoms. The molecular weight excluding hydrogens is 412 g/mol. The molecule has 0 spiro atoms. The zero-order valence-corrected chi connectivity index (χ0v) is 18.6. The molecule has 3 fully saturated rings. The van der Waals surface area contributed by atoms with Gasteiger partial charge in [-0.2, -0.15) is 0 Å². The molecule has 9 heteroatoms. The van der Waals surface area contributed by atoms with Crippen molar-refractivity contribution < 1.29 is 19.5 Å². The van der Waals surface area contributed by atoms with Crippen LogP contribution in [0, 0.1) is 11.8 Å². The summed E-state index contributed by atoms with van der Waals surface area (Å²) in [7, 11) is 0. The number of pyridine rings is 1. The number of rotatable bonds is 2. The van der Waals surface area contributed by atoms with E-state index in [9.17, 15) is 14.4 Å². The van der Waals surface area contributed by atoms with Gasteiger partial charge >= 0.3 is 0 Å². The quantitative estimate of drug-likeness (QED) is 0.696. The summed E-state index contributed by atoms with van der Waals surface area (Å²) in [5.74, 6) is 0.250. The smallest absolute Gasteiger partial charge is 0.300 e. The number of aromatic nitrogens is 1. The Morgan fingerprint density at radius 1 is 1.03 bits per heavy atom. The second-order valence-electron chi connectivity index (χ2n) is 9.31. The average Bonchev–Trinajstić information content (AvgIpc) is 2.73. The molecule has 1 aromatic heterocycles. The van der Waals surface area contributed by atoms with Crippen LogP contribution in [-0.4, -0.2) is 76.5 Å². The maximum atomic E-state index is 13.1. The van der Waals surface area contributed by atoms with Crippen molar-refractivity contribution in [3.63, 3.8) is 0 Å². The van der Waals surface area contributed by atoms with Crippen LogP contribution < -0.4 is 10.9 Å². The van der Waals surface area contributed by atoms with Gasteiger partial charge in [-0.1, -0.05) is 6.42 Å². The lowest BCUT2D eigenvalue weighted by molar-refractivity contribution is -0.139. The second-order valence-corrected chi connectivity index (χ2v) is 9.31. The highest BCUT2D eigenvalue weighted by Gasteiger charge is 2.34. The number of piperazine rings is 1. The number of fused-ring (bicyclic) bond motifs is 4. The number of carboxylic acid groups (broad SMARTS) is 1. The third-order valence-corrected chi connectivity index (χ3v) is 7.07. The van der Waals surface area contributed by atoms with Crippen molar-refractivity contribution in [2.45, 2.75) is 45.1 Å². The van der Waals surface area contributed by atoms with Gasteiger partial charge in [-0.15, -0.1) is 0 Å². The Morgan fingerprint density at radius 2 is 1.69 bits per heavy atom. The summed E-state index contributed by atoms with van der Waals surface area (Å²) in [5, 5.41) is 10.9. The molecule has 0 aromatic carbocycles. The molecule has 2 saturated heterocycles. The van der Waals surface area contributed by atoms with Crippen molar-refractivity contribution in [1.29, 1.82) is 0 Å². The normalized spacial score (nSPS) is 24.5. The number of carbonyl (C=O) groups excluding carboxylic acids is 2. The summed E-state index contributed by atoms with van der Waals surface area (Å²) in [6.45, 7) is 5.79. The number of aliphatic carboxylic acids is 1. The predicted molar refractivity (Wildman–Crippen MR) is 118 cm³/mol. The van der Waals surface area contributed by atoms with Gasteiger partial charge in [-0.25, -0.2) is 0 Å². The van der Waals surface area contributed by atoms with E-state index in [0.29, 0.717) is 44.6 Å². The Kier molecular flexibility index (Phi) is 6.64. The lowest BCUT2D eigenvalue weighted by Gasteiger charge is -2.39. The first-order chi connectivity index (χ1) is 15.3. The highest BCUT2D eigenvalue weighted by Crippen LogP contribution is 2.32. The Balaban J connectivity index is 0.000000567. The molecule has 2 bridgehead atoms. The van der Waals surface area contributed by atoms with E-state index in [0.717, 1.165) is 51.4 Å². The van der Waals surface area contributed by atoms with Crippen LogP contribution in [0.5, 0.6) is 0 Å². The van der Waals surface area contributed by atoms with Crippen LogP contribution in [-0.2, 0) is 16.1 Å². The molecule has 1 aliphatic carbocycles. The maximum absolute atomic E-state index is 13.1. The minimum atomic E-state index is -0.833. The largest absolute Gasteiger partial charge is 0.481 e. The zero-order chi connectivity index (χ0) is 22.8. The topological polar surface area (TPSA) is 112 Å². The average molecular weight is 445 g/mol. The Bertz CT molecular complexity index is 942. The van der Waals surface area contributed by atoms with E-state index in [1.54, 1.807) is 11.0 Å². The lowest BCUT2D eigenvalue weighted by atomic mass is 9.84. The molecule has 9 nitrogen and oxygen atoms in total. The summed E-state index contributed by atoms with van der Waals surface area (Å²) in [6.07, 6.45) is 4.27. The number of hydrogen-bond acceptors (Lipinski definition) is 5. The van der Waals surface area contributed by atoms with Crippen molar-refractivity contribution in [2.24, 2.45) is 11.8 Å². The number of nitrogens with one attached hydrogen (secondary N) is 1. The molecule has 2 N–H and O–H groups in total. The molecule has 2 atom stereocenters. The molecule has 5 rings (SSSR count). The number of carboxylic acids is 1. The monoisotopic (exact) mass is 444 g/mol. The predicted octanol–water partition coefficient (Wildman–Crippen LogP) is 0.730. The van der Waals surface area contributed by atoms with Gasteiger partial charge in [-0.05, 0) is 43.9 Å². The summed E-state index contributed by atoms with van der Waals surface area (Å²) >= 11 is 0. The molecule has 1 aromatic rings. The third kappa shape index (κ3) is 4.57. The van der Waals surface area contributed by atoms with Gasteiger partial charge in [0.25, 0.3) is 17.4 Å². The van der Waals surface area contributed by atoms with Crippen LogP contribution in [0.4, 0.5) is 0 Å². The Labute approximate surface area is 187 Å². The SMILES string of the molecule is CC(=O)O.O=C(c1ccc2n(c1=O)C[C@@H]1CNC[C@H]2C1)N1CCN(C(=O)C2CCC2)CC1. The number of amides is 2. The highest BCUT2D eigenvalue weighted by molar-refractivity contribution is 5.94. The summed E-state index contributed by atoms with van der Waals surface area (Å²) < 4.78 is 1.84. The van der Waals surface area contributed by atoms with Gasteiger partial charge in [0, 0.05) is 63.7 Å². The first-order valence-corrected chi connectivity index (χ1v) is 11.6. The number of hydrogen-bond donors (Lipinski definition) is 2. The highest BCUT2D eigenvalue weighted by atomic mass is 16.4. The van der Waals surface area contributed by atoms with Crippen molar-refractivity contribution in [3.8, 4) is 0 Å². The second kappa shape index (κ2) is 9.44. The number of carbonyl (C=O) groups is 3. The molecule has 1 saturated carbocycles. The molecule has 0 unspecified atom stereocenters. The van der Waals surface area contributed by atoms with Gasteiger partial charge in [0.15, 0.2) is 0 Å². The first kappa shape index (κ1) is 22.5. The fourth-order valence-corrected chi connectivity index (χ4v) is 5.17. The molecular formula is C23H32N4O5. The van der Waals surface area contributed by atoms with Crippen molar-refractivity contribution in [3.05, 3.63) is 33.7 Å². The van der Waals surface area contributed by atoms with E-state index < -0.39 is 5.97 Å². The standard InChI is InChI=1S/C21H28N4O3.C2H4O2/c26-19(15-2-1-3-15)23-6-8-24(9-7-23)20(27)17-4-5-18-16-10-14(11-22-12-16)13-25(18)21(17)28;1-2(3)4/h4-5,14-16,22H,1-3,6-13H2;1H3,(H,3,4)/t14-,16+;/m0./s1. The van der Waals surface area contributed by atoms with E-state index >= 15 is 0 Å². The van der Waals surface area contributed by atoms with E-state index in [-0.39, 0.29) is 28.9 Å². The first-order valence-electron chi connectivity index (χ1n) is 11.6. The van der Waals surface area contributed by atoms with Crippen LogP contribution in [0.2, 0.25) is 0 Å². The van der Waals surface area contributed by atoms with E-state index in [4.69, 9.17) is 9.90 Å². The van der Waals surface area contributed by atoms with Gasteiger partial charge < -0.3 is 24.8 Å². The number of piperidine rings is 1. The fraction of sp³-hybridized carbons (Fsp3) is 0.652. The zero-order valence-electron chi connectivity index (χ0n) is 18.6. The van der Waals surface area contributed by atoms with Crippen LogP contribution in [0.3, 0.4) is 0 Å². The minimum Gasteiger partial charge on any atom is -0.481 e. The van der Waals surface area contributed by atoms with Gasteiger partial charge in [0.1, 0.15) is 5.56 Å². The Morgan fingerprint density at radius 3 is 2.31 bits per heavy atom. The van der Waals surface area contributed by atoms with Gasteiger partial charge in [-0.3, -0.25) is 19.2 Å². The van der Waals surface area contributed by atoms with Gasteiger partial charge in [0.2, 0.25) is 5.91 Å². The molecule has 3 aliphatic heterocycles. The van der Waals surface area contributed by atoms with Crippen molar-refractivity contribution in [1.82, 2.24) is 19.7 Å². The summed E-state index contributed by atoms with van der Waals surface area (Å²) in [4.78, 5) is 51.1. The Hall–Kier alpha value is -2.68. The molecule has 174 valence electrons. The third-order valence-electron chi connectivity index (χ3n) is 7.07. The van der Waals surface area contributed by atoms with Crippen LogP contribution in [0.1, 0.15) is 54.6 Å². The molecule has 0 radical (unpaired) electrons. The van der Waals surface area contributed by atoms with E-state index in [1.807, 2.05) is 15.5 Å². The van der Waals surface area contributed by atoms with Gasteiger partial charge in [0.05, 0.1) is 0 Å².